The van der Waals surface area contributed by atoms with Gasteiger partial charge in [0, 0.05) is 45.6 Å². The first-order chi connectivity index (χ1) is 28.0. The first-order valence-corrected chi connectivity index (χ1v) is 19.6. The Kier molecular flexibility index (Phi) is 7.52. The number of hydrogen-bond acceptors (Lipinski definition) is 3. The Morgan fingerprint density at radius 3 is 1.53 bits per heavy atom. The summed E-state index contributed by atoms with van der Waals surface area (Å²) in [6.45, 7) is 4.59. The molecule has 8 aromatic carbocycles. The Balaban J connectivity index is 1.03. The Labute approximate surface area is 332 Å². The van der Waals surface area contributed by atoms with Crippen molar-refractivity contribution < 1.29 is 0 Å². The van der Waals surface area contributed by atoms with Gasteiger partial charge in [0.15, 0.2) is 5.82 Å². The number of benzene rings is 8. The average molecular weight is 728 g/mol. The van der Waals surface area contributed by atoms with E-state index in [1.165, 1.54) is 54.6 Å². The largest absolute Gasteiger partial charge is 0.264 e. The SMILES string of the molecule is CC1(C)c2ccccc2-c2nc(-c3cccc(-c4cccc(-c5ccc6c7ccccc7c7ccccc7c6c5)c4)c3)nc(-c3cccc(-c4cccnc4)c3)c21. The lowest BCUT2D eigenvalue weighted by atomic mass is 9.80. The van der Waals surface area contributed by atoms with Gasteiger partial charge in [0.05, 0.1) is 11.4 Å². The van der Waals surface area contributed by atoms with Gasteiger partial charge in [-0.15, -0.1) is 0 Å². The number of pyridine rings is 1. The number of hydrogen-bond donors (Lipinski definition) is 0. The molecule has 57 heavy (non-hydrogen) atoms. The maximum atomic E-state index is 5.45. The molecule has 0 N–H and O–H groups in total. The van der Waals surface area contributed by atoms with Gasteiger partial charge in [0.1, 0.15) is 0 Å². The highest BCUT2D eigenvalue weighted by molar-refractivity contribution is 6.25. The molecule has 0 atom stereocenters. The van der Waals surface area contributed by atoms with Crippen LogP contribution >= 0.6 is 0 Å². The van der Waals surface area contributed by atoms with Crippen LogP contribution in [0.15, 0.2) is 188 Å². The summed E-state index contributed by atoms with van der Waals surface area (Å²) in [6, 6.07) is 63.4. The Hall–Kier alpha value is -7.23. The van der Waals surface area contributed by atoms with Crippen LogP contribution in [0.5, 0.6) is 0 Å². The van der Waals surface area contributed by atoms with Gasteiger partial charge < -0.3 is 0 Å². The lowest BCUT2D eigenvalue weighted by Crippen LogP contribution is -2.17. The van der Waals surface area contributed by atoms with E-state index >= 15 is 0 Å². The molecular formula is C54H37N3. The zero-order valence-electron chi connectivity index (χ0n) is 31.7. The first kappa shape index (κ1) is 33.1. The molecule has 3 nitrogen and oxygen atoms in total. The molecule has 0 saturated carbocycles. The van der Waals surface area contributed by atoms with E-state index in [0.717, 1.165) is 56.2 Å². The van der Waals surface area contributed by atoms with Crippen LogP contribution in [0.25, 0.3) is 99.6 Å². The summed E-state index contributed by atoms with van der Waals surface area (Å²) < 4.78 is 0. The van der Waals surface area contributed by atoms with E-state index in [4.69, 9.17) is 9.97 Å². The molecule has 2 heterocycles. The van der Waals surface area contributed by atoms with Crippen LogP contribution in [0.1, 0.15) is 25.0 Å². The van der Waals surface area contributed by atoms with Crippen molar-refractivity contribution in [2.75, 3.05) is 0 Å². The minimum atomic E-state index is -0.269. The summed E-state index contributed by atoms with van der Waals surface area (Å²) in [5.74, 6) is 0.717. The summed E-state index contributed by atoms with van der Waals surface area (Å²) in [6.07, 6.45) is 3.73. The third kappa shape index (κ3) is 5.38. The summed E-state index contributed by atoms with van der Waals surface area (Å²) >= 11 is 0. The molecule has 0 aliphatic heterocycles. The van der Waals surface area contributed by atoms with Crippen molar-refractivity contribution in [1.29, 1.82) is 0 Å². The lowest BCUT2D eigenvalue weighted by molar-refractivity contribution is 0.658. The number of aromatic nitrogens is 3. The minimum absolute atomic E-state index is 0.269. The smallest absolute Gasteiger partial charge is 0.160 e. The summed E-state index contributed by atoms with van der Waals surface area (Å²) in [7, 11) is 0. The lowest BCUT2D eigenvalue weighted by Gasteiger charge is -2.24. The maximum absolute atomic E-state index is 5.45. The fraction of sp³-hybridized carbons (Fsp3) is 0.0556. The Bertz CT molecular complexity index is 3180. The molecule has 2 aromatic heterocycles. The number of fused-ring (bicyclic) bond motifs is 9. The van der Waals surface area contributed by atoms with Gasteiger partial charge in [-0.05, 0) is 96.0 Å². The zero-order valence-corrected chi connectivity index (χ0v) is 31.7. The average Bonchev–Trinajstić information content (AvgIpc) is 3.52. The molecular weight excluding hydrogens is 691 g/mol. The molecule has 11 rings (SSSR count). The summed E-state index contributed by atoms with van der Waals surface area (Å²) in [5.41, 5.74) is 14.2. The van der Waals surface area contributed by atoms with Gasteiger partial charge in [-0.25, -0.2) is 9.97 Å². The monoisotopic (exact) mass is 727 g/mol. The highest BCUT2D eigenvalue weighted by atomic mass is 14.9. The van der Waals surface area contributed by atoms with Gasteiger partial charge in [0.25, 0.3) is 0 Å². The van der Waals surface area contributed by atoms with E-state index in [1.54, 1.807) is 0 Å². The van der Waals surface area contributed by atoms with Crippen LogP contribution in [0.2, 0.25) is 0 Å². The summed E-state index contributed by atoms with van der Waals surface area (Å²) in [4.78, 5) is 15.2. The van der Waals surface area contributed by atoms with E-state index < -0.39 is 0 Å². The second-order valence-corrected chi connectivity index (χ2v) is 15.6. The molecule has 0 fully saturated rings. The van der Waals surface area contributed by atoms with Gasteiger partial charge in [-0.3, -0.25) is 4.98 Å². The summed E-state index contributed by atoms with van der Waals surface area (Å²) in [5, 5.41) is 7.69. The zero-order chi connectivity index (χ0) is 38.1. The van der Waals surface area contributed by atoms with E-state index in [-0.39, 0.29) is 5.41 Å². The predicted molar refractivity (Wildman–Crippen MR) is 237 cm³/mol. The highest BCUT2D eigenvalue weighted by Crippen LogP contribution is 2.51. The fourth-order valence-electron chi connectivity index (χ4n) is 9.14. The van der Waals surface area contributed by atoms with Crippen molar-refractivity contribution in [3.8, 4) is 67.3 Å². The van der Waals surface area contributed by atoms with Crippen LogP contribution in [0, 0.1) is 0 Å². The van der Waals surface area contributed by atoms with Crippen LogP contribution in [0.4, 0.5) is 0 Å². The van der Waals surface area contributed by atoms with Gasteiger partial charge in [-0.1, -0.05) is 159 Å². The van der Waals surface area contributed by atoms with Crippen molar-refractivity contribution in [3.63, 3.8) is 0 Å². The predicted octanol–water partition coefficient (Wildman–Crippen LogP) is 14.0. The van der Waals surface area contributed by atoms with Gasteiger partial charge in [-0.2, -0.15) is 0 Å². The van der Waals surface area contributed by atoms with Crippen molar-refractivity contribution in [3.05, 3.63) is 199 Å². The molecule has 268 valence electrons. The molecule has 0 spiro atoms. The van der Waals surface area contributed by atoms with E-state index in [0.29, 0.717) is 0 Å². The molecule has 0 bridgehead atoms. The Morgan fingerprint density at radius 2 is 0.860 bits per heavy atom. The van der Waals surface area contributed by atoms with Crippen molar-refractivity contribution in [2.24, 2.45) is 0 Å². The quantitative estimate of drug-likeness (QED) is 0.166. The van der Waals surface area contributed by atoms with E-state index in [2.05, 4.69) is 189 Å². The van der Waals surface area contributed by atoms with E-state index in [9.17, 15) is 0 Å². The van der Waals surface area contributed by atoms with Crippen LogP contribution in [-0.2, 0) is 5.41 Å². The van der Waals surface area contributed by atoms with Crippen molar-refractivity contribution >= 4 is 32.3 Å². The second-order valence-electron chi connectivity index (χ2n) is 15.6. The number of nitrogens with zero attached hydrogens (tertiary/aromatic N) is 3. The number of rotatable bonds is 5. The highest BCUT2D eigenvalue weighted by Gasteiger charge is 2.40. The molecule has 0 radical (unpaired) electrons. The Morgan fingerprint density at radius 1 is 0.368 bits per heavy atom. The van der Waals surface area contributed by atoms with Crippen molar-refractivity contribution in [1.82, 2.24) is 15.0 Å². The topological polar surface area (TPSA) is 38.7 Å². The molecule has 10 aromatic rings. The first-order valence-electron chi connectivity index (χ1n) is 19.6. The van der Waals surface area contributed by atoms with Gasteiger partial charge in [0.2, 0.25) is 0 Å². The van der Waals surface area contributed by atoms with E-state index in [1.807, 2.05) is 18.5 Å². The van der Waals surface area contributed by atoms with Crippen LogP contribution in [0.3, 0.4) is 0 Å². The van der Waals surface area contributed by atoms with Gasteiger partial charge >= 0.3 is 0 Å². The fourth-order valence-corrected chi connectivity index (χ4v) is 9.14. The normalized spacial score (nSPS) is 12.9. The molecule has 0 amide bonds. The molecule has 0 saturated heterocycles. The second kappa shape index (κ2) is 12.9. The van der Waals surface area contributed by atoms with Crippen molar-refractivity contribution in [2.45, 2.75) is 19.3 Å². The molecule has 3 heteroatoms. The maximum Gasteiger partial charge on any atom is 0.160 e. The molecule has 0 unspecified atom stereocenters. The molecule has 1 aliphatic carbocycles. The van der Waals surface area contributed by atoms with Crippen LogP contribution in [-0.4, -0.2) is 15.0 Å². The van der Waals surface area contributed by atoms with Crippen LogP contribution < -0.4 is 0 Å². The molecule has 1 aliphatic rings. The standard InChI is InChI=1S/C54H37N3/c1-54(2)49-25-8-7-24-47(49)52-50(54)51(39-17-10-16-37(30-39)41-19-12-28-55-33-41)56-53(57-52)40-18-11-15-36(31-40)34-13-9-14-35(29-34)38-26-27-46-44-22-4-3-20-42(44)43-21-5-6-23-45(43)48(46)32-38/h3-33H,1-2H3. The minimum Gasteiger partial charge on any atom is -0.264 e. The third-order valence-electron chi connectivity index (χ3n) is 11.9. The third-order valence-corrected chi connectivity index (χ3v) is 11.9.